The van der Waals surface area contributed by atoms with E-state index in [1.54, 1.807) is 31.6 Å². The van der Waals surface area contributed by atoms with Crippen LogP contribution >= 0.6 is 24.0 Å². The maximum atomic E-state index is 14.2. The molecule has 1 aromatic heterocycles. The van der Waals surface area contributed by atoms with Gasteiger partial charge in [0.05, 0.1) is 4.90 Å². The number of nitrogens with zero attached hydrogens (tertiary/aromatic N) is 3. The molecule has 0 saturated carbocycles. The van der Waals surface area contributed by atoms with Crippen LogP contribution < -0.4 is 11.1 Å². The lowest BCUT2D eigenvalue weighted by molar-refractivity contribution is 0.602. The second-order valence-corrected chi connectivity index (χ2v) is 6.36. The number of anilines is 1. The predicted molar refractivity (Wildman–Crippen MR) is 101 cm³/mol. The van der Waals surface area contributed by atoms with Gasteiger partial charge in [-0.1, -0.05) is 18.3 Å². The number of imidazole rings is 1. The van der Waals surface area contributed by atoms with E-state index in [0.717, 1.165) is 0 Å². The molecule has 8 heteroatoms. The van der Waals surface area contributed by atoms with Crippen LogP contribution in [0.3, 0.4) is 0 Å². The molecule has 0 spiro atoms. The lowest BCUT2D eigenvalue weighted by Gasteiger charge is -2.12. The molecule has 0 aliphatic heterocycles. The summed E-state index contributed by atoms with van der Waals surface area (Å²) in [6.07, 6.45) is 6.92. The number of allylic oxidation sites excluding steroid dienone is 1. The third kappa shape index (κ3) is 4.42. The van der Waals surface area contributed by atoms with Gasteiger partial charge in [0.1, 0.15) is 16.6 Å². The molecule has 1 heterocycles. The second-order valence-electron chi connectivity index (χ2n) is 4.94. The molecule has 0 unspecified atom stereocenters. The topological polar surface area (TPSA) is 68.2 Å². The summed E-state index contributed by atoms with van der Waals surface area (Å²) in [7, 11) is 1.85. The molecule has 2 rings (SSSR count). The van der Waals surface area contributed by atoms with E-state index in [4.69, 9.17) is 18.0 Å². The maximum Gasteiger partial charge on any atom is 0.172 e. The summed E-state index contributed by atoms with van der Waals surface area (Å²) in [5.74, 6) is 0.214. The molecule has 1 aromatic carbocycles. The van der Waals surface area contributed by atoms with Gasteiger partial charge in [-0.2, -0.15) is 0 Å². The Bertz CT molecular complexity index is 811. The van der Waals surface area contributed by atoms with E-state index in [1.165, 1.54) is 17.8 Å². The first-order valence-electron chi connectivity index (χ1n) is 7.13. The fourth-order valence-electron chi connectivity index (χ4n) is 1.84. The summed E-state index contributed by atoms with van der Waals surface area (Å²) >= 11 is 6.58. The van der Waals surface area contributed by atoms with E-state index >= 15 is 0 Å². The fourth-order valence-corrected chi connectivity index (χ4v) is 3.02. The highest BCUT2D eigenvalue weighted by molar-refractivity contribution is 7.99. The molecule has 0 radical (unpaired) electrons. The number of aliphatic imine (C=N–C) groups is 1. The van der Waals surface area contributed by atoms with Gasteiger partial charge in [0, 0.05) is 36.9 Å². The average molecular weight is 363 g/mol. The smallest absolute Gasteiger partial charge is 0.172 e. The van der Waals surface area contributed by atoms with Crippen molar-refractivity contribution in [2.75, 3.05) is 5.73 Å². The fraction of sp³-hybridized carbons (Fsp3) is 0.188. The minimum atomic E-state index is -0.411. The van der Waals surface area contributed by atoms with E-state index in [0.29, 0.717) is 26.4 Å². The zero-order valence-corrected chi connectivity index (χ0v) is 15.2. The number of rotatable bonds is 4. The third-order valence-electron chi connectivity index (χ3n) is 3.04. The van der Waals surface area contributed by atoms with Crippen LogP contribution in [0.5, 0.6) is 0 Å². The highest BCUT2D eigenvalue weighted by atomic mass is 32.2. The average Bonchev–Trinajstić information content (AvgIpc) is 2.92. The number of thiocarbonyl (C=S) groups is 1. The number of benzene rings is 1. The number of halogens is 1. The van der Waals surface area contributed by atoms with E-state index in [1.807, 2.05) is 24.6 Å². The number of aromatic nitrogens is 2. The minimum absolute atomic E-state index is 0.271. The van der Waals surface area contributed by atoms with Gasteiger partial charge in [0.25, 0.3) is 0 Å². The van der Waals surface area contributed by atoms with Crippen LogP contribution in [0.1, 0.15) is 19.4 Å². The van der Waals surface area contributed by atoms with Crippen LogP contribution in [0.15, 0.2) is 51.8 Å². The van der Waals surface area contributed by atoms with Gasteiger partial charge in [0.2, 0.25) is 0 Å². The zero-order chi connectivity index (χ0) is 17.7. The molecule has 0 atom stereocenters. The molecule has 0 aliphatic rings. The molecule has 5 nitrogen and oxygen atoms in total. The SMILES string of the molecule is C/C=C\N=C(C)NC(=S)c1cc(Sc2nccn2C)c(F)cc1N. The highest BCUT2D eigenvalue weighted by Gasteiger charge is 2.14. The van der Waals surface area contributed by atoms with Crippen molar-refractivity contribution >= 4 is 40.5 Å². The number of nitrogen functional groups attached to an aromatic ring is 1. The van der Waals surface area contributed by atoms with Crippen LogP contribution in [0.2, 0.25) is 0 Å². The van der Waals surface area contributed by atoms with Crippen molar-refractivity contribution in [2.45, 2.75) is 23.9 Å². The van der Waals surface area contributed by atoms with Crippen molar-refractivity contribution in [2.24, 2.45) is 12.0 Å². The molecular weight excluding hydrogens is 345 g/mol. The minimum Gasteiger partial charge on any atom is -0.398 e. The van der Waals surface area contributed by atoms with Gasteiger partial charge in [-0.15, -0.1) is 0 Å². The number of aryl methyl sites for hydroxylation is 1. The summed E-state index contributed by atoms with van der Waals surface area (Å²) in [6, 6.07) is 2.90. The first-order chi connectivity index (χ1) is 11.4. The summed E-state index contributed by atoms with van der Waals surface area (Å²) in [5, 5.41) is 3.66. The standard InChI is InChI=1S/C16H18FN5S2/c1-4-5-19-10(2)21-15(23)11-8-14(12(17)9-13(11)18)24-16-20-6-7-22(16)3/h4-9H,18H2,1-3H3,(H,19,21,23)/b5-4-. The Kier molecular flexibility index (Phi) is 6.10. The Morgan fingerprint density at radius 1 is 1.50 bits per heavy atom. The van der Waals surface area contributed by atoms with Crippen LogP contribution in [0, 0.1) is 5.82 Å². The summed E-state index contributed by atoms with van der Waals surface area (Å²) < 4.78 is 16.0. The molecule has 0 fully saturated rings. The van der Waals surface area contributed by atoms with Gasteiger partial charge >= 0.3 is 0 Å². The van der Waals surface area contributed by atoms with Crippen LogP contribution in [0.25, 0.3) is 0 Å². The lowest BCUT2D eigenvalue weighted by atomic mass is 10.1. The summed E-state index contributed by atoms with van der Waals surface area (Å²) in [4.78, 5) is 9.13. The Morgan fingerprint density at radius 3 is 2.88 bits per heavy atom. The first-order valence-corrected chi connectivity index (χ1v) is 8.36. The van der Waals surface area contributed by atoms with E-state index in [9.17, 15) is 4.39 Å². The Labute approximate surface area is 149 Å². The Hall–Kier alpha value is -2.19. The Morgan fingerprint density at radius 2 is 2.25 bits per heavy atom. The molecule has 24 heavy (non-hydrogen) atoms. The Balaban J connectivity index is 2.29. The van der Waals surface area contributed by atoms with Crippen molar-refractivity contribution in [3.05, 3.63) is 48.2 Å². The largest absolute Gasteiger partial charge is 0.398 e. The molecule has 0 saturated heterocycles. The summed E-state index contributed by atoms with van der Waals surface area (Å²) in [6.45, 7) is 3.66. The van der Waals surface area contributed by atoms with E-state index in [2.05, 4.69) is 15.3 Å². The normalized spacial score (nSPS) is 11.9. The van der Waals surface area contributed by atoms with E-state index in [-0.39, 0.29) is 5.69 Å². The molecule has 126 valence electrons. The first kappa shape index (κ1) is 18.2. The number of hydrogen-bond donors (Lipinski definition) is 2. The van der Waals surface area contributed by atoms with Gasteiger partial charge in [-0.25, -0.2) is 14.4 Å². The van der Waals surface area contributed by atoms with Crippen molar-refractivity contribution < 1.29 is 4.39 Å². The van der Waals surface area contributed by atoms with Crippen LogP contribution in [0.4, 0.5) is 10.1 Å². The lowest BCUT2D eigenvalue weighted by Crippen LogP contribution is -2.28. The number of hydrogen-bond acceptors (Lipinski definition) is 5. The van der Waals surface area contributed by atoms with Gasteiger partial charge in [-0.3, -0.25) is 0 Å². The van der Waals surface area contributed by atoms with Crippen molar-refractivity contribution in [3.8, 4) is 0 Å². The van der Waals surface area contributed by atoms with Crippen molar-refractivity contribution in [3.63, 3.8) is 0 Å². The van der Waals surface area contributed by atoms with Gasteiger partial charge in [-0.05, 0) is 37.7 Å². The molecule has 0 amide bonds. The quantitative estimate of drug-likeness (QED) is 0.377. The number of nitrogens with two attached hydrogens (primary N) is 1. The van der Waals surface area contributed by atoms with Crippen molar-refractivity contribution in [1.82, 2.24) is 14.9 Å². The highest BCUT2D eigenvalue weighted by Crippen LogP contribution is 2.31. The van der Waals surface area contributed by atoms with Crippen LogP contribution in [-0.2, 0) is 7.05 Å². The molecule has 3 N–H and O–H groups in total. The monoisotopic (exact) mass is 363 g/mol. The zero-order valence-electron chi connectivity index (χ0n) is 13.6. The van der Waals surface area contributed by atoms with E-state index < -0.39 is 5.82 Å². The maximum absolute atomic E-state index is 14.2. The molecule has 2 aromatic rings. The summed E-state index contributed by atoms with van der Waals surface area (Å²) in [5.41, 5.74) is 6.74. The predicted octanol–water partition coefficient (Wildman–Crippen LogP) is 3.51. The molecular formula is C16H18FN5S2. The number of nitrogens with one attached hydrogen (secondary N) is 1. The van der Waals surface area contributed by atoms with Gasteiger partial charge in [0.15, 0.2) is 5.16 Å². The van der Waals surface area contributed by atoms with Crippen molar-refractivity contribution in [1.29, 1.82) is 0 Å². The molecule has 0 bridgehead atoms. The third-order valence-corrected chi connectivity index (χ3v) is 4.47. The second kappa shape index (κ2) is 8.07. The van der Waals surface area contributed by atoms with Crippen LogP contribution in [-0.4, -0.2) is 20.4 Å². The number of amidine groups is 1. The molecule has 0 aliphatic carbocycles. The van der Waals surface area contributed by atoms with Gasteiger partial charge < -0.3 is 15.6 Å².